The van der Waals surface area contributed by atoms with Crippen LogP contribution in [0.2, 0.25) is 5.02 Å². The smallest absolute Gasteiger partial charge is 0.0584 e. The fourth-order valence-electron chi connectivity index (χ4n) is 1.77. The lowest BCUT2D eigenvalue weighted by atomic mass is 10.1. The van der Waals surface area contributed by atoms with E-state index in [1.54, 1.807) is 0 Å². The molecular formula is C17H16ClN. The number of halogens is 1. The highest BCUT2D eigenvalue weighted by atomic mass is 35.5. The zero-order valence-electron chi connectivity index (χ0n) is 10.9. The van der Waals surface area contributed by atoms with Crippen LogP contribution in [0.5, 0.6) is 0 Å². The molecule has 0 aromatic heterocycles. The Bertz CT molecular complexity index is 581. The molecule has 2 heteroatoms. The first-order valence-corrected chi connectivity index (χ1v) is 6.66. The summed E-state index contributed by atoms with van der Waals surface area (Å²) in [5, 5.41) is 4.13. The molecule has 96 valence electrons. The summed E-state index contributed by atoms with van der Waals surface area (Å²) in [5.41, 5.74) is 2.22. The summed E-state index contributed by atoms with van der Waals surface area (Å²) in [6, 6.07) is 18.1. The molecule has 0 saturated heterocycles. The van der Waals surface area contributed by atoms with Gasteiger partial charge in [-0.05, 0) is 36.8 Å². The van der Waals surface area contributed by atoms with Gasteiger partial charge in [0, 0.05) is 16.6 Å². The normalized spacial score (nSPS) is 11.5. The van der Waals surface area contributed by atoms with E-state index in [0.717, 1.165) is 10.6 Å². The Balaban J connectivity index is 1.88. The maximum absolute atomic E-state index is 5.97. The van der Waals surface area contributed by atoms with Gasteiger partial charge in [0.25, 0.3) is 0 Å². The molecule has 0 saturated carbocycles. The molecule has 2 rings (SSSR count). The lowest BCUT2D eigenvalue weighted by molar-refractivity contribution is 0.623. The number of rotatable bonds is 3. The van der Waals surface area contributed by atoms with Gasteiger partial charge in [-0.3, -0.25) is 5.32 Å². The first kappa shape index (κ1) is 13.7. The second-order valence-corrected chi connectivity index (χ2v) is 4.76. The van der Waals surface area contributed by atoms with Gasteiger partial charge in [-0.2, -0.15) is 0 Å². The van der Waals surface area contributed by atoms with Crippen LogP contribution in [0.15, 0.2) is 54.6 Å². The maximum Gasteiger partial charge on any atom is 0.0584 e. The van der Waals surface area contributed by atoms with Crippen molar-refractivity contribution in [3.05, 3.63) is 70.7 Å². The SMILES string of the molecule is C[C@H](NCC#Cc1ccccc1)c1cccc(Cl)c1. The Morgan fingerprint density at radius 1 is 1.11 bits per heavy atom. The average molecular weight is 270 g/mol. The van der Waals surface area contributed by atoms with Gasteiger partial charge in [-0.25, -0.2) is 0 Å². The minimum absolute atomic E-state index is 0.240. The molecule has 0 bridgehead atoms. The van der Waals surface area contributed by atoms with Crippen LogP contribution >= 0.6 is 11.6 Å². The zero-order chi connectivity index (χ0) is 13.5. The largest absolute Gasteiger partial charge is 0.300 e. The molecule has 1 nitrogen and oxygen atoms in total. The molecule has 2 aromatic rings. The van der Waals surface area contributed by atoms with E-state index in [-0.39, 0.29) is 6.04 Å². The van der Waals surface area contributed by atoms with Crippen molar-refractivity contribution in [3.63, 3.8) is 0 Å². The Kier molecular flexibility index (Phi) is 5.03. The topological polar surface area (TPSA) is 12.0 Å². The van der Waals surface area contributed by atoms with Crippen molar-refractivity contribution >= 4 is 11.6 Å². The van der Waals surface area contributed by atoms with Gasteiger partial charge in [-0.15, -0.1) is 0 Å². The molecule has 0 aliphatic heterocycles. The van der Waals surface area contributed by atoms with E-state index in [4.69, 9.17) is 11.6 Å². The fourth-order valence-corrected chi connectivity index (χ4v) is 1.96. The summed E-state index contributed by atoms with van der Waals surface area (Å²) < 4.78 is 0. The molecule has 0 radical (unpaired) electrons. The van der Waals surface area contributed by atoms with E-state index >= 15 is 0 Å². The number of hydrogen-bond donors (Lipinski definition) is 1. The third-order valence-electron chi connectivity index (χ3n) is 2.85. The number of hydrogen-bond acceptors (Lipinski definition) is 1. The van der Waals surface area contributed by atoms with E-state index < -0.39 is 0 Å². The monoisotopic (exact) mass is 269 g/mol. The first-order valence-electron chi connectivity index (χ1n) is 6.28. The van der Waals surface area contributed by atoms with Crippen LogP contribution in [0.3, 0.4) is 0 Å². The van der Waals surface area contributed by atoms with Crippen molar-refractivity contribution in [2.45, 2.75) is 13.0 Å². The maximum atomic E-state index is 5.97. The quantitative estimate of drug-likeness (QED) is 0.829. The van der Waals surface area contributed by atoms with Crippen molar-refractivity contribution in [2.75, 3.05) is 6.54 Å². The number of nitrogens with one attached hydrogen (secondary N) is 1. The van der Waals surface area contributed by atoms with Crippen molar-refractivity contribution < 1.29 is 0 Å². The predicted octanol–water partition coefficient (Wildman–Crippen LogP) is 4.04. The lowest BCUT2D eigenvalue weighted by Crippen LogP contribution is -2.18. The summed E-state index contributed by atoms with van der Waals surface area (Å²) in [6.45, 7) is 2.76. The summed E-state index contributed by atoms with van der Waals surface area (Å²) in [6.07, 6.45) is 0. The summed E-state index contributed by atoms with van der Waals surface area (Å²) >= 11 is 5.97. The van der Waals surface area contributed by atoms with Crippen LogP contribution in [0.1, 0.15) is 24.1 Å². The van der Waals surface area contributed by atoms with Crippen LogP contribution in [-0.2, 0) is 0 Å². The van der Waals surface area contributed by atoms with Crippen LogP contribution in [-0.4, -0.2) is 6.54 Å². The van der Waals surface area contributed by atoms with Crippen molar-refractivity contribution in [3.8, 4) is 11.8 Å². The van der Waals surface area contributed by atoms with Crippen LogP contribution < -0.4 is 5.32 Å². The molecule has 2 aromatic carbocycles. The Morgan fingerprint density at radius 3 is 2.63 bits per heavy atom. The molecule has 0 heterocycles. The van der Waals surface area contributed by atoms with Gasteiger partial charge in [0.05, 0.1) is 6.54 Å². The highest BCUT2D eigenvalue weighted by Crippen LogP contribution is 2.16. The summed E-state index contributed by atoms with van der Waals surface area (Å²) in [7, 11) is 0. The Morgan fingerprint density at radius 2 is 1.89 bits per heavy atom. The first-order chi connectivity index (χ1) is 9.25. The van der Waals surface area contributed by atoms with Crippen molar-refractivity contribution in [1.29, 1.82) is 0 Å². The highest BCUT2D eigenvalue weighted by molar-refractivity contribution is 6.30. The van der Waals surface area contributed by atoms with E-state index in [0.29, 0.717) is 6.54 Å². The second kappa shape index (κ2) is 6.99. The van der Waals surface area contributed by atoms with Crippen LogP contribution in [0, 0.1) is 11.8 Å². The van der Waals surface area contributed by atoms with Crippen LogP contribution in [0.4, 0.5) is 0 Å². The van der Waals surface area contributed by atoms with E-state index in [1.165, 1.54) is 5.56 Å². The molecule has 0 aliphatic rings. The Hall–Kier alpha value is -1.75. The van der Waals surface area contributed by atoms with Gasteiger partial charge >= 0.3 is 0 Å². The molecule has 0 amide bonds. The lowest BCUT2D eigenvalue weighted by Gasteiger charge is -2.12. The Labute approximate surface area is 119 Å². The molecule has 0 unspecified atom stereocenters. The zero-order valence-corrected chi connectivity index (χ0v) is 11.6. The molecular weight excluding hydrogens is 254 g/mol. The predicted molar refractivity (Wildman–Crippen MR) is 81.2 cm³/mol. The average Bonchev–Trinajstić information content (AvgIpc) is 2.44. The fraction of sp³-hybridized carbons (Fsp3) is 0.176. The van der Waals surface area contributed by atoms with Gasteiger partial charge < -0.3 is 0 Å². The van der Waals surface area contributed by atoms with Gasteiger partial charge in [0.2, 0.25) is 0 Å². The summed E-state index contributed by atoms with van der Waals surface area (Å²) in [5.74, 6) is 6.25. The number of benzene rings is 2. The van der Waals surface area contributed by atoms with Gasteiger partial charge in [-0.1, -0.05) is 53.8 Å². The van der Waals surface area contributed by atoms with E-state index in [2.05, 4.69) is 30.1 Å². The summed E-state index contributed by atoms with van der Waals surface area (Å²) in [4.78, 5) is 0. The van der Waals surface area contributed by atoms with Crippen molar-refractivity contribution in [1.82, 2.24) is 5.32 Å². The minimum Gasteiger partial charge on any atom is -0.300 e. The molecule has 19 heavy (non-hydrogen) atoms. The van der Waals surface area contributed by atoms with Gasteiger partial charge in [0.15, 0.2) is 0 Å². The van der Waals surface area contributed by atoms with E-state index in [1.807, 2.05) is 48.5 Å². The molecule has 1 atom stereocenters. The van der Waals surface area contributed by atoms with Gasteiger partial charge in [0.1, 0.15) is 0 Å². The minimum atomic E-state index is 0.240. The van der Waals surface area contributed by atoms with Crippen LogP contribution in [0.25, 0.3) is 0 Å². The third kappa shape index (κ3) is 4.44. The molecule has 1 N–H and O–H groups in total. The van der Waals surface area contributed by atoms with Crippen molar-refractivity contribution in [2.24, 2.45) is 0 Å². The standard InChI is InChI=1S/C17H16ClN/c1-14(16-10-5-11-17(18)13-16)19-12-6-9-15-7-3-2-4-8-15/h2-5,7-8,10-11,13-14,19H,12H2,1H3/t14-/m0/s1. The highest BCUT2D eigenvalue weighted by Gasteiger charge is 2.03. The molecule has 0 aliphatic carbocycles. The molecule has 0 fully saturated rings. The van der Waals surface area contributed by atoms with E-state index in [9.17, 15) is 0 Å². The second-order valence-electron chi connectivity index (χ2n) is 4.33. The molecule has 0 spiro atoms. The third-order valence-corrected chi connectivity index (χ3v) is 3.09.